The van der Waals surface area contributed by atoms with Crippen molar-refractivity contribution in [1.29, 1.82) is 0 Å². The van der Waals surface area contributed by atoms with Gasteiger partial charge >= 0.3 is 8.80 Å². The van der Waals surface area contributed by atoms with E-state index in [1.165, 1.54) is 0 Å². The summed E-state index contributed by atoms with van der Waals surface area (Å²) in [5.74, 6) is 0. The predicted molar refractivity (Wildman–Crippen MR) is 60.6 cm³/mol. The van der Waals surface area contributed by atoms with Gasteiger partial charge in [-0.25, -0.2) is 0 Å². The molecule has 0 saturated carbocycles. The van der Waals surface area contributed by atoms with E-state index in [-0.39, 0.29) is 19.3 Å². The zero-order valence-corrected chi connectivity index (χ0v) is 10.3. The summed E-state index contributed by atoms with van der Waals surface area (Å²) in [6.45, 7) is 2.03. The second-order valence-electron chi connectivity index (χ2n) is 3.60. The predicted octanol–water partition coefficient (Wildman–Crippen LogP) is -2.78. The molecule has 0 spiro atoms. The van der Waals surface area contributed by atoms with Gasteiger partial charge in [0.05, 0.1) is 12.7 Å². The van der Waals surface area contributed by atoms with Crippen LogP contribution in [0.4, 0.5) is 0 Å². The Kier molecular flexibility index (Phi) is 8.98. The van der Waals surface area contributed by atoms with Gasteiger partial charge in [0.15, 0.2) is 0 Å². The Hall–Kier alpha value is -0.0631. The summed E-state index contributed by atoms with van der Waals surface area (Å²) in [6.07, 6.45) is -0.246. The first kappa shape index (κ1) is 15.9. The maximum Gasteiger partial charge on any atom is 0.492 e. The summed E-state index contributed by atoms with van der Waals surface area (Å²) in [7, 11) is -3.93. The molecular weight excluding hydrogens is 232 g/mol. The van der Waals surface area contributed by atoms with Crippen LogP contribution in [0.5, 0.6) is 0 Å². The van der Waals surface area contributed by atoms with E-state index >= 15 is 0 Å². The molecule has 0 heterocycles. The number of nitrogens with two attached hydrogens (primary N) is 1. The Balaban J connectivity index is 3.24. The largest absolute Gasteiger partial charge is 0.492 e. The molecule has 1 atom stereocenters. The van der Waals surface area contributed by atoms with Crippen LogP contribution in [0, 0.1) is 0 Å². The summed E-state index contributed by atoms with van der Waals surface area (Å²) >= 11 is 0. The van der Waals surface area contributed by atoms with Crippen molar-refractivity contribution in [2.24, 2.45) is 5.73 Å². The molecule has 0 amide bonds. The lowest BCUT2D eigenvalue weighted by atomic mass is 10.3. The number of aliphatic hydroxyl groups is 1. The normalized spacial score (nSPS) is 14.1. The van der Waals surface area contributed by atoms with Gasteiger partial charge in [0.2, 0.25) is 0 Å². The Bertz CT molecular complexity index is 167. The second-order valence-corrected chi connectivity index (χ2v) is 5.65. The fraction of sp³-hybridized carbons (Fsp3) is 1.00. The topological polar surface area (TPSA) is 128 Å². The molecule has 0 aliphatic carbocycles. The average molecular weight is 254 g/mol. The number of hydrogen-bond donors (Lipinski definition) is 6. The van der Waals surface area contributed by atoms with E-state index in [9.17, 15) is 5.11 Å². The number of rotatable bonds is 10. The van der Waals surface area contributed by atoms with Gasteiger partial charge in [0.25, 0.3) is 0 Å². The lowest BCUT2D eigenvalue weighted by molar-refractivity contribution is 0.0365. The van der Waals surface area contributed by atoms with Gasteiger partial charge in [0, 0.05) is 32.3 Å². The van der Waals surface area contributed by atoms with E-state index in [0.29, 0.717) is 26.1 Å². The highest BCUT2D eigenvalue weighted by Crippen LogP contribution is 2.01. The van der Waals surface area contributed by atoms with Gasteiger partial charge in [-0.2, -0.15) is 0 Å². The van der Waals surface area contributed by atoms with Crippen LogP contribution < -0.4 is 11.1 Å². The van der Waals surface area contributed by atoms with Crippen LogP contribution in [0.25, 0.3) is 0 Å². The first-order chi connectivity index (χ1) is 7.45. The molecule has 0 rings (SSSR count). The molecule has 8 heteroatoms. The molecule has 16 heavy (non-hydrogen) atoms. The van der Waals surface area contributed by atoms with Gasteiger partial charge in [-0.1, -0.05) is 0 Å². The van der Waals surface area contributed by atoms with Crippen LogP contribution in [0.15, 0.2) is 0 Å². The van der Waals surface area contributed by atoms with Crippen LogP contribution >= 0.6 is 0 Å². The van der Waals surface area contributed by atoms with E-state index in [1.807, 2.05) is 0 Å². The summed E-state index contributed by atoms with van der Waals surface area (Å²) < 4.78 is 5.09. The summed E-state index contributed by atoms with van der Waals surface area (Å²) in [5, 5.41) is 12.3. The van der Waals surface area contributed by atoms with Crippen molar-refractivity contribution >= 4 is 8.80 Å². The van der Waals surface area contributed by atoms with E-state index in [2.05, 4.69) is 5.32 Å². The zero-order chi connectivity index (χ0) is 12.4. The minimum absolute atomic E-state index is 0.0471. The Morgan fingerprint density at radius 3 is 2.56 bits per heavy atom. The standard InChI is InChI=1S/C8H22N2O5Si/c9-2-3-10-6-8(11)7-15-4-1-5-16(12,13)14/h8,10-14H,1-7,9H2. The molecule has 0 radical (unpaired) electrons. The Morgan fingerprint density at radius 1 is 1.31 bits per heavy atom. The Labute approximate surface area is 96.2 Å². The monoisotopic (exact) mass is 254 g/mol. The van der Waals surface area contributed by atoms with Crippen molar-refractivity contribution in [3.8, 4) is 0 Å². The summed E-state index contributed by atoms with van der Waals surface area (Å²) in [5.41, 5.74) is 5.25. The lowest BCUT2D eigenvalue weighted by Gasteiger charge is -2.12. The molecule has 0 aliphatic heterocycles. The van der Waals surface area contributed by atoms with Crippen LogP contribution in [0.2, 0.25) is 6.04 Å². The minimum Gasteiger partial charge on any atom is -0.390 e. The maximum absolute atomic E-state index is 9.37. The van der Waals surface area contributed by atoms with Gasteiger partial charge in [-0.15, -0.1) is 0 Å². The first-order valence-corrected chi connectivity index (χ1v) is 7.34. The maximum atomic E-state index is 9.37. The van der Waals surface area contributed by atoms with Crippen molar-refractivity contribution in [2.75, 3.05) is 32.8 Å². The summed E-state index contributed by atoms with van der Waals surface area (Å²) in [6, 6.07) is -0.0471. The average Bonchev–Trinajstić information content (AvgIpc) is 2.16. The van der Waals surface area contributed by atoms with E-state index in [4.69, 9.17) is 24.9 Å². The molecule has 0 aromatic carbocycles. The number of ether oxygens (including phenoxy) is 1. The molecule has 1 unspecified atom stereocenters. The fourth-order valence-corrected chi connectivity index (χ4v) is 1.68. The van der Waals surface area contributed by atoms with Crippen molar-refractivity contribution in [1.82, 2.24) is 5.32 Å². The van der Waals surface area contributed by atoms with E-state index < -0.39 is 14.9 Å². The number of hydrogen-bond acceptors (Lipinski definition) is 7. The quantitative estimate of drug-likeness (QED) is 0.184. The molecule has 0 fully saturated rings. The third-order valence-electron chi connectivity index (χ3n) is 1.81. The third-order valence-corrected chi connectivity index (χ3v) is 2.84. The van der Waals surface area contributed by atoms with Gasteiger partial charge < -0.3 is 35.3 Å². The minimum atomic E-state index is -3.93. The molecular formula is C8H22N2O5Si. The van der Waals surface area contributed by atoms with Crippen LogP contribution in [0.3, 0.4) is 0 Å². The number of nitrogens with one attached hydrogen (secondary N) is 1. The molecule has 0 aromatic heterocycles. The zero-order valence-electron chi connectivity index (χ0n) is 9.30. The van der Waals surface area contributed by atoms with Crippen LogP contribution in [-0.2, 0) is 4.74 Å². The molecule has 0 aliphatic rings. The second kappa shape index (κ2) is 9.02. The van der Waals surface area contributed by atoms with Crippen molar-refractivity contribution < 1.29 is 24.2 Å². The molecule has 0 saturated heterocycles. The highest BCUT2D eigenvalue weighted by molar-refractivity contribution is 6.56. The molecule has 98 valence electrons. The Morgan fingerprint density at radius 2 is 2.00 bits per heavy atom. The van der Waals surface area contributed by atoms with Gasteiger partial charge in [0.1, 0.15) is 0 Å². The fourth-order valence-electron chi connectivity index (χ4n) is 1.06. The first-order valence-electron chi connectivity index (χ1n) is 5.29. The van der Waals surface area contributed by atoms with Crippen LogP contribution in [-0.4, -0.2) is 67.2 Å². The third kappa shape index (κ3) is 12.0. The van der Waals surface area contributed by atoms with Gasteiger partial charge in [-0.3, -0.25) is 0 Å². The highest BCUT2D eigenvalue weighted by atomic mass is 28.4. The molecule has 0 aromatic rings. The highest BCUT2D eigenvalue weighted by Gasteiger charge is 2.25. The SMILES string of the molecule is NCCNCC(O)COCCC[Si](O)(O)O. The van der Waals surface area contributed by atoms with Crippen LogP contribution in [0.1, 0.15) is 6.42 Å². The lowest BCUT2D eigenvalue weighted by Crippen LogP contribution is -2.35. The van der Waals surface area contributed by atoms with Crippen molar-refractivity contribution in [3.05, 3.63) is 0 Å². The van der Waals surface area contributed by atoms with E-state index in [0.717, 1.165) is 0 Å². The summed E-state index contributed by atoms with van der Waals surface area (Å²) in [4.78, 5) is 26.1. The van der Waals surface area contributed by atoms with Crippen molar-refractivity contribution in [2.45, 2.75) is 18.6 Å². The molecule has 7 nitrogen and oxygen atoms in total. The number of aliphatic hydroxyl groups excluding tert-OH is 1. The smallest absolute Gasteiger partial charge is 0.390 e. The molecule has 7 N–H and O–H groups in total. The van der Waals surface area contributed by atoms with E-state index in [1.54, 1.807) is 0 Å². The molecule has 0 bridgehead atoms. The van der Waals surface area contributed by atoms with Gasteiger partial charge in [-0.05, 0) is 6.42 Å². The van der Waals surface area contributed by atoms with Crippen molar-refractivity contribution in [3.63, 3.8) is 0 Å².